The minimum Gasteiger partial charge on any atom is -0.339 e. The Morgan fingerprint density at radius 2 is 1.74 bits per heavy atom. The summed E-state index contributed by atoms with van der Waals surface area (Å²) in [5.41, 5.74) is 4.58. The van der Waals surface area contributed by atoms with E-state index in [0.717, 1.165) is 35.3 Å². The van der Waals surface area contributed by atoms with E-state index in [9.17, 15) is 4.79 Å². The Kier molecular flexibility index (Phi) is 6.37. The van der Waals surface area contributed by atoms with E-state index in [1.54, 1.807) is 36.1 Å². The number of aromatic nitrogens is 3. The quantitative estimate of drug-likeness (QED) is 0.436. The minimum absolute atomic E-state index is 0.0870. The Labute approximate surface area is 207 Å². The summed E-state index contributed by atoms with van der Waals surface area (Å²) in [5.74, 6) is 0.662. The molecule has 8 heteroatoms. The van der Waals surface area contributed by atoms with Crippen molar-refractivity contribution in [3.05, 3.63) is 99.0 Å². The second kappa shape index (κ2) is 9.58. The Morgan fingerprint density at radius 1 is 0.971 bits per heavy atom. The first kappa shape index (κ1) is 22.6. The van der Waals surface area contributed by atoms with Gasteiger partial charge in [0.25, 0.3) is 5.56 Å². The summed E-state index contributed by atoms with van der Waals surface area (Å²) in [6.45, 7) is 2.24. The monoisotopic (exact) mass is 491 g/mol. The molecule has 2 aromatic carbocycles. The molecule has 0 radical (unpaired) electrons. The second-order valence-corrected chi connectivity index (χ2v) is 9.12. The van der Waals surface area contributed by atoms with Gasteiger partial charge < -0.3 is 10.2 Å². The average molecular weight is 492 g/mol. The molecule has 1 atom stereocenters. The lowest BCUT2D eigenvalue weighted by molar-refractivity contribution is 0.462. The van der Waals surface area contributed by atoms with Gasteiger partial charge in [-0.3, -0.25) is 14.3 Å². The molecule has 0 bridgehead atoms. The number of anilines is 1. The lowest BCUT2D eigenvalue weighted by atomic mass is 9.99. The van der Waals surface area contributed by atoms with Crippen molar-refractivity contribution in [2.24, 2.45) is 7.05 Å². The minimum atomic E-state index is -0.0870. The van der Waals surface area contributed by atoms with Gasteiger partial charge in [-0.2, -0.15) is 0 Å². The van der Waals surface area contributed by atoms with Crippen molar-refractivity contribution in [3.63, 3.8) is 0 Å². The third-order valence-electron chi connectivity index (χ3n) is 6.10. The maximum atomic E-state index is 12.7. The molecule has 3 heterocycles. The first-order valence-corrected chi connectivity index (χ1v) is 11.8. The van der Waals surface area contributed by atoms with Gasteiger partial charge in [0.2, 0.25) is 5.95 Å². The number of nitrogens with one attached hydrogen (secondary N) is 1. The SMILES string of the molecule is Cn1c(N2CCN[C@@H](c3ccc(-c4ccc(Cl)cc4Cl)cc3)C2)nc(-c2ccncc2)cc1=O. The Morgan fingerprint density at radius 3 is 2.47 bits per heavy atom. The predicted octanol–water partition coefficient (Wildman–Crippen LogP) is 4.97. The average Bonchev–Trinajstić information content (AvgIpc) is 2.86. The zero-order valence-electron chi connectivity index (χ0n) is 18.6. The van der Waals surface area contributed by atoms with E-state index in [2.05, 4.69) is 39.5 Å². The maximum absolute atomic E-state index is 12.7. The smallest absolute Gasteiger partial charge is 0.255 e. The summed E-state index contributed by atoms with van der Waals surface area (Å²) < 4.78 is 1.61. The zero-order valence-corrected chi connectivity index (χ0v) is 20.1. The van der Waals surface area contributed by atoms with Gasteiger partial charge in [-0.05, 0) is 35.4 Å². The fourth-order valence-corrected chi connectivity index (χ4v) is 4.77. The molecule has 0 spiro atoms. The molecule has 34 heavy (non-hydrogen) atoms. The van der Waals surface area contributed by atoms with Crippen LogP contribution in [0.15, 0.2) is 77.9 Å². The summed E-state index contributed by atoms with van der Waals surface area (Å²) in [6.07, 6.45) is 3.41. The summed E-state index contributed by atoms with van der Waals surface area (Å²) in [7, 11) is 1.77. The third-order valence-corrected chi connectivity index (χ3v) is 6.65. The van der Waals surface area contributed by atoms with Gasteiger partial charge in [0, 0.05) is 72.4 Å². The normalized spacial score (nSPS) is 16.0. The van der Waals surface area contributed by atoms with Crippen LogP contribution in [-0.2, 0) is 7.05 Å². The van der Waals surface area contributed by atoms with Gasteiger partial charge in [-0.15, -0.1) is 0 Å². The summed E-state index contributed by atoms with van der Waals surface area (Å²) in [5, 5.41) is 4.83. The fourth-order valence-electron chi connectivity index (χ4n) is 4.25. The van der Waals surface area contributed by atoms with E-state index in [1.165, 1.54) is 0 Å². The van der Waals surface area contributed by atoms with Crippen molar-refractivity contribution in [3.8, 4) is 22.4 Å². The molecule has 1 N–H and O–H groups in total. The number of rotatable bonds is 4. The summed E-state index contributed by atoms with van der Waals surface area (Å²) >= 11 is 12.4. The molecule has 172 valence electrons. The molecule has 0 unspecified atom stereocenters. The molecule has 1 aliphatic heterocycles. The van der Waals surface area contributed by atoms with Crippen LogP contribution in [0.1, 0.15) is 11.6 Å². The topological polar surface area (TPSA) is 63.1 Å². The number of pyridine rings is 1. The van der Waals surface area contributed by atoms with Crippen molar-refractivity contribution < 1.29 is 0 Å². The van der Waals surface area contributed by atoms with Crippen LogP contribution in [0.25, 0.3) is 22.4 Å². The Bertz CT molecular complexity index is 1370. The van der Waals surface area contributed by atoms with E-state index >= 15 is 0 Å². The van der Waals surface area contributed by atoms with Gasteiger partial charge in [-0.1, -0.05) is 53.5 Å². The second-order valence-electron chi connectivity index (χ2n) is 8.27. The van der Waals surface area contributed by atoms with Crippen molar-refractivity contribution in [2.75, 3.05) is 24.5 Å². The summed E-state index contributed by atoms with van der Waals surface area (Å²) in [6, 6.07) is 19.3. The van der Waals surface area contributed by atoms with Crippen LogP contribution in [0.3, 0.4) is 0 Å². The Balaban J connectivity index is 1.40. The van der Waals surface area contributed by atoms with Crippen molar-refractivity contribution in [1.82, 2.24) is 19.9 Å². The summed E-state index contributed by atoms with van der Waals surface area (Å²) in [4.78, 5) is 23.8. The van der Waals surface area contributed by atoms with Gasteiger partial charge in [-0.25, -0.2) is 4.98 Å². The van der Waals surface area contributed by atoms with E-state index in [0.29, 0.717) is 28.2 Å². The van der Waals surface area contributed by atoms with Crippen LogP contribution < -0.4 is 15.8 Å². The number of hydrogen-bond donors (Lipinski definition) is 1. The standard InChI is InChI=1S/C26H23Cl2N5O/c1-32-25(34)15-23(19-8-10-29-11-9-19)31-26(32)33-13-12-30-24(16-33)18-4-2-17(3-5-18)21-7-6-20(27)14-22(21)28/h2-11,14-15,24,30H,12-13,16H2,1H3/t24-/m1/s1. The van der Waals surface area contributed by atoms with Crippen LogP contribution >= 0.6 is 23.2 Å². The number of halogens is 2. The first-order valence-electron chi connectivity index (χ1n) is 11.0. The van der Waals surface area contributed by atoms with Crippen LogP contribution in [0, 0.1) is 0 Å². The number of piperazine rings is 1. The molecule has 0 saturated carbocycles. The predicted molar refractivity (Wildman–Crippen MR) is 138 cm³/mol. The lowest BCUT2D eigenvalue weighted by Gasteiger charge is -2.35. The number of hydrogen-bond acceptors (Lipinski definition) is 5. The molecule has 1 fully saturated rings. The molecular formula is C26H23Cl2N5O. The fraction of sp³-hybridized carbons (Fsp3) is 0.192. The van der Waals surface area contributed by atoms with Crippen LogP contribution in [0.5, 0.6) is 0 Å². The van der Waals surface area contributed by atoms with Crippen LogP contribution in [-0.4, -0.2) is 34.2 Å². The largest absolute Gasteiger partial charge is 0.339 e. The number of benzene rings is 2. The van der Waals surface area contributed by atoms with Crippen LogP contribution in [0.4, 0.5) is 5.95 Å². The van der Waals surface area contributed by atoms with Gasteiger partial charge >= 0.3 is 0 Å². The molecular weight excluding hydrogens is 469 g/mol. The Hall–Kier alpha value is -3.19. The van der Waals surface area contributed by atoms with E-state index in [4.69, 9.17) is 28.2 Å². The van der Waals surface area contributed by atoms with Crippen molar-refractivity contribution in [2.45, 2.75) is 6.04 Å². The van der Waals surface area contributed by atoms with E-state index in [1.807, 2.05) is 24.3 Å². The zero-order chi connectivity index (χ0) is 23.7. The van der Waals surface area contributed by atoms with Crippen molar-refractivity contribution in [1.29, 1.82) is 0 Å². The van der Waals surface area contributed by atoms with Crippen molar-refractivity contribution >= 4 is 29.2 Å². The highest BCUT2D eigenvalue weighted by Crippen LogP contribution is 2.31. The van der Waals surface area contributed by atoms with E-state index < -0.39 is 0 Å². The van der Waals surface area contributed by atoms with E-state index in [-0.39, 0.29) is 11.6 Å². The van der Waals surface area contributed by atoms with Gasteiger partial charge in [0.1, 0.15) is 0 Å². The highest BCUT2D eigenvalue weighted by molar-refractivity contribution is 6.36. The third kappa shape index (κ3) is 4.57. The molecule has 0 amide bonds. The molecule has 2 aromatic heterocycles. The molecule has 6 nitrogen and oxygen atoms in total. The van der Waals surface area contributed by atoms with Gasteiger partial charge in [0.05, 0.1) is 5.69 Å². The lowest BCUT2D eigenvalue weighted by Crippen LogP contribution is -2.47. The molecule has 5 rings (SSSR count). The molecule has 4 aromatic rings. The van der Waals surface area contributed by atoms with Crippen LogP contribution in [0.2, 0.25) is 10.0 Å². The molecule has 1 aliphatic rings. The maximum Gasteiger partial charge on any atom is 0.255 e. The molecule has 0 aliphatic carbocycles. The highest BCUT2D eigenvalue weighted by atomic mass is 35.5. The highest BCUT2D eigenvalue weighted by Gasteiger charge is 2.24. The van der Waals surface area contributed by atoms with Gasteiger partial charge in [0.15, 0.2) is 0 Å². The number of nitrogens with zero attached hydrogens (tertiary/aromatic N) is 4. The first-order chi connectivity index (χ1) is 16.5. The molecule has 1 saturated heterocycles.